The van der Waals surface area contributed by atoms with Crippen molar-refractivity contribution in [2.75, 3.05) is 166 Å². The summed E-state index contributed by atoms with van der Waals surface area (Å²) in [6.45, 7) is 17.5. The molecule has 13 heteroatoms. The molecule has 250 valence electrons. The molecule has 0 spiro atoms. The highest BCUT2D eigenvalue weighted by atomic mass is 16.5. The predicted octanol–water partition coefficient (Wildman–Crippen LogP) is -2.91. The normalized spacial score (nSPS) is 27.6. The Labute approximate surface area is 254 Å². The maximum absolute atomic E-state index is 8.91. The van der Waals surface area contributed by atoms with Gasteiger partial charge in [0.1, 0.15) is 0 Å². The van der Waals surface area contributed by atoms with Crippen LogP contribution in [0.15, 0.2) is 0 Å². The van der Waals surface area contributed by atoms with Gasteiger partial charge in [-0.1, -0.05) is 0 Å². The lowest BCUT2D eigenvalue weighted by Crippen LogP contribution is -2.55. The third-order valence-electron chi connectivity index (χ3n) is 8.39. The van der Waals surface area contributed by atoms with Crippen molar-refractivity contribution >= 4 is 0 Å². The highest BCUT2D eigenvalue weighted by molar-refractivity contribution is 4.81. The van der Waals surface area contributed by atoms with Crippen molar-refractivity contribution in [3.63, 3.8) is 0 Å². The molecule has 42 heavy (non-hydrogen) atoms. The summed E-state index contributed by atoms with van der Waals surface area (Å²) in [5.41, 5.74) is 0. The van der Waals surface area contributed by atoms with Crippen molar-refractivity contribution in [1.29, 1.82) is 0 Å². The lowest BCUT2D eigenvalue weighted by Gasteiger charge is -2.41. The van der Waals surface area contributed by atoms with Gasteiger partial charge in [0, 0.05) is 104 Å². The molecule has 5 aliphatic rings. The van der Waals surface area contributed by atoms with Gasteiger partial charge in [-0.15, -0.1) is 0 Å². The van der Waals surface area contributed by atoms with Gasteiger partial charge in [0.15, 0.2) is 0 Å². The number of piperazine rings is 2. The highest BCUT2D eigenvalue weighted by Crippen LogP contribution is 2.12. The molecule has 2 atom stereocenters. The second-order valence-electron chi connectivity index (χ2n) is 12.2. The Morgan fingerprint density at radius 2 is 1.05 bits per heavy atom. The van der Waals surface area contributed by atoms with Crippen LogP contribution in [0.2, 0.25) is 0 Å². The zero-order chi connectivity index (χ0) is 30.7. The maximum Gasteiger partial charge on any atom is 0.0932 e. The van der Waals surface area contributed by atoms with Crippen molar-refractivity contribution < 1.29 is 34.6 Å². The van der Waals surface area contributed by atoms with E-state index >= 15 is 0 Å². The van der Waals surface area contributed by atoms with Gasteiger partial charge in [0.25, 0.3) is 0 Å². The van der Waals surface area contributed by atoms with Crippen LogP contribution in [0.1, 0.15) is 0 Å². The molecular formula is C29H62N6O7. The predicted molar refractivity (Wildman–Crippen MR) is 164 cm³/mol. The van der Waals surface area contributed by atoms with Crippen molar-refractivity contribution in [3.8, 4) is 0 Å². The lowest BCUT2D eigenvalue weighted by atomic mass is 10.1. The summed E-state index contributed by atoms with van der Waals surface area (Å²) in [6.07, 6.45) is 0.0903. The topological polar surface area (TPSA) is 128 Å². The minimum Gasteiger partial charge on any atom is -0.396 e. The fourth-order valence-electron chi connectivity index (χ4n) is 5.14. The Bertz CT molecular complexity index is 626. The average molecular weight is 607 g/mol. The molecule has 0 aromatic carbocycles. The summed E-state index contributed by atoms with van der Waals surface area (Å²) in [5.74, 6) is 0.0309. The number of hydrogen-bond donors (Lipinski definition) is 4. The maximum atomic E-state index is 8.91. The van der Waals surface area contributed by atoms with E-state index in [0.717, 1.165) is 91.4 Å². The first-order valence-corrected chi connectivity index (χ1v) is 15.7. The van der Waals surface area contributed by atoms with Crippen LogP contribution in [-0.4, -0.2) is 234 Å². The quantitative estimate of drug-likeness (QED) is 0.237. The van der Waals surface area contributed by atoms with Crippen LogP contribution in [0.3, 0.4) is 0 Å². The number of morpholine rings is 2. The summed E-state index contributed by atoms with van der Waals surface area (Å²) in [4.78, 5) is 13.8. The third-order valence-corrected chi connectivity index (χ3v) is 8.39. The van der Waals surface area contributed by atoms with E-state index in [1.54, 1.807) is 0 Å². The van der Waals surface area contributed by atoms with E-state index < -0.39 is 0 Å². The minimum absolute atomic E-state index is 0.0309. The van der Waals surface area contributed by atoms with E-state index in [4.69, 9.17) is 34.6 Å². The van der Waals surface area contributed by atoms with Gasteiger partial charge >= 0.3 is 0 Å². The molecule has 5 aliphatic heterocycles. The van der Waals surface area contributed by atoms with Gasteiger partial charge in [-0.2, -0.15) is 0 Å². The number of rotatable bonds is 7. The highest BCUT2D eigenvalue weighted by Gasteiger charge is 2.27. The van der Waals surface area contributed by atoms with Crippen molar-refractivity contribution in [1.82, 2.24) is 29.4 Å². The monoisotopic (exact) mass is 606 g/mol. The van der Waals surface area contributed by atoms with Crippen molar-refractivity contribution in [3.05, 3.63) is 0 Å². The number of hydrogen-bond acceptors (Lipinski definition) is 13. The summed E-state index contributed by atoms with van der Waals surface area (Å²) >= 11 is 0. The Balaban J connectivity index is 0.000000198. The molecule has 0 radical (unpaired) electrons. The molecule has 0 saturated carbocycles. The van der Waals surface area contributed by atoms with Crippen LogP contribution in [0, 0.1) is 5.92 Å². The molecule has 5 heterocycles. The fraction of sp³-hybridized carbons (Fsp3) is 1.00. The lowest BCUT2D eigenvalue weighted by molar-refractivity contribution is -0.0752. The van der Waals surface area contributed by atoms with E-state index in [9.17, 15) is 0 Å². The Morgan fingerprint density at radius 1 is 0.595 bits per heavy atom. The number of aliphatic hydroxyl groups excluding tert-OH is 4. The van der Waals surface area contributed by atoms with E-state index in [0.29, 0.717) is 0 Å². The minimum atomic E-state index is 0.0309. The molecule has 0 aliphatic carbocycles. The number of likely N-dealkylation sites (N-methyl/N-ethyl adjacent to an activating group) is 4. The van der Waals surface area contributed by atoms with E-state index in [1.807, 2.05) is 14.1 Å². The zero-order valence-electron chi connectivity index (χ0n) is 26.9. The molecule has 5 saturated heterocycles. The summed E-state index contributed by atoms with van der Waals surface area (Å²) < 4.78 is 15.6. The van der Waals surface area contributed by atoms with Crippen LogP contribution in [0.5, 0.6) is 0 Å². The molecule has 0 bridgehead atoms. The SMILES string of the molecule is CN1CCN(C2COC2)CC1.CN1CCN(CC(CO)CO)CC1.CN1CCO[C@@H](CO)C1.CN1CCO[C@H](CO)C1. The Hall–Kier alpha value is -0.520. The molecule has 0 aromatic rings. The average Bonchev–Trinajstić information content (AvgIpc) is 2.98. The number of nitrogens with zero attached hydrogens (tertiary/aromatic N) is 6. The molecule has 13 nitrogen and oxygen atoms in total. The standard InChI is InChI=1S/C9H20N2O2.C8H16N2O.2C6H13NO2/c1-10-2-4-11(5-3-10)6-9(7-12)8-13;1-9-2-4-10(5-3-9)8-6-11-7-8;2*1-7-2-3-9-6(4-7)5-8/h9,12-13H,2-8H2,1H3;8H,2-7H2,1H3;2*6,8H,2-5H2,1H3/t;;2*6-/m..10/s1. The van der Waals surface area contributed by atoms with Crippen molar-refractivity contribution in [2.45, 2.75) is 18.2 Å². The number of aliphatic hydroxyl groups is 4. The number of ether oxygens (including phenoxy) is 3. The largest absolute Gasteiger partial charge is 0.396 e. The van der Waals surface area contributed by atoms with E-state index in [1.165, 1.54) is 26.2 Å². The first-order valence-electron chi connectivity index (χ1n) is 15.7. The first-order chi connectivity index (χ1) is 20.3. The van der Waals surface area contributed by atoms with Gasteiger partial charge in [0.05, 0.1) is 57.9 Å². The molecule has 4 N–H and O–H groups in total. The van der Waals surface area contributed by atoms with Gasteiger partial charge in [0.2, 0.25) is 0 Å². The Kier molecular flexibility index (Phi) is 19.8. The van der Waals surface area contributed by atoms with Gasteiger partial charge in [-0.3, -0.25) is 4.90 Å². The second-order valence-corrected chi connectivity index (χ2v) is 12.2. The third kappa shape index (κ3) is 15.5. The molecule has 0 aromatic heterocycles. The van der Waals surface area contributed by atoms with Crippen LogP contribution in [-0.2, 0) is 14.2 Å². The van der Waals surface area contributed by atoms with E-state index in [-0.39, 0.29) is 44.6 Å². The van der Waals surface area contributed by atoms with Crippen molar-refractivity contribution in [2.24, 2.45) is 5.92 Å². The van der Waals surface area contributed by atoms with Crippen LogP contribution in [0.4, 0.5) is 0 Å². The van der Waals surface area contributed by atoms with Crippen LogP contribution in [0.25, 0.3) is 0 Å². The molecule has 0 amide bonds. The summed E-state index contributed by atoms with van der Waals surface area (Å²) in [6, 6.07) is 0.740. The van der Waals surface area contributed by atoms with Gasteiger partial charge in [-0.25, -0.2) is 0 Å². The molecule has 0 unspecified atom stereocenters. The van der Waals surface area contributed by atoms with Gasteiger partial charge in [-0.05, 0) is 28.2 Å². The van der Waals surface area contributed by atoms with Gasteiger partial charge < -0.3 is 59.1 Å². The zero-order valence-corrected chi connectivity index (χ0v) is 26.9. The molecule has 5 fully saturated rings. The fourth-order valence-corrected chi connectivity index (χ4v) is 5.14. The first kappa shape index (κ1) is 37.7. The Morgan fingerprint density at radius 3 is 1.38 bits per heavy atom. The smallest absolute Gasteiger partial charge is 0.0932 e. The molecule has 5 rings (SSSR count). The van der Waals surface area contributed by atoms with E-state index in [2.05, 4.69) is 43.5 Å². The summed E-state index contributed by atoms with van der Waals surface area (Å²) in [5, 5.41) is 35.1. The van der Waals surface area contributed by atoms with Crippen LogP contribution < -0.4 is 0 Å². The van der Waals surface area contributed by atoms with Crippen LogP contribution >= 0.6 is 0 Å². The molecular weight excluding hydrogens is 544 g/mol. The summed E-state index contributed by atoms with van der Waals surface area (Å²) in [7, 11) is 8.37. The second kappa shape index (κ2) is 22.1.